The van der Waals surface area contributed by atoms with Crippen molar-refractivity contribution in [3.8, 4) is 0 Å². The van der Waals surface area contributed by atoms with Gasteiger partial charge < -0.3 is 4.74 Å². The highest BCUT2D eigenvalue weighted by Gasteiger charge is 2.33. The number of aromatic nitrogens is 2. The Morgan fingerprint density at radius 2 is 2.00 bits per heavy atom. The van der Waals surface area contributed by atoms with E-state index >= 15 is 0 Å². The summed E-state index contributed by atoms with van der Waals surface area (Å²) in [4.78, 5) is 36.8. The summed E-state index contributed by atoms with van der Waals surface area (Å²) in [5.41, 5.74) is -0.283. The van der Waals surface area contributed by atoms with Crippen LogP contribution in [0.1, 0.15) is 37.9 Å². The number of amides is 1. The minimum Gasteiger partial charge on any atom is -0.443 e. The molecule has 0 N–H and O–H groups in total. The summed E-state index contributed by atoms with van der Waals surface area (Å²) in [6.07, 6.45) is -0.808. The third-order valence-electron chi connectivity index (χ3n) is 3.70. The summed E-state index contributed by atoms with van der Waals surface area (Å²) in [6, 6.07) is 5.00. The number of ether oxygens (including phenoxy) is 1. The minimum atomic E-state index is -0.830. The monoisotopic (exact) mass is 461 g/mol. The molecule has 0 unspecified atom stereocenters. The molecule has 0 saturated carbocycles. The van der Waals surface area contributed by atoms with E-state index in [1.807, 2.05) is 0 Å². The predicted molar refractivity (Wildman–Crippen MR) is 111 cm³/mol. The van der Waals surface area contributed by atoms with Crippen LogP contribution < -0.4 is 4.90 Å². The highest BCUT2D eigenvalue weighted by molar-refractivity contribution is 9.10. The number of halogens is 1. The standard InChI is InChI=1S/C19H20BrN5O4/c1-11-16(25(27)28)17(23-12(2)22-11)24(18(26)29-19(3,4)5)10-13-7-8-14(20)9-15(13)21-6/h7-9H,10H2,1-5H3. The van der Waals surface area contributed by atoms with Crippen LogP contribution in [0.15, 0.2) is 22.7 Å². The first-order valence-corrected chi connectivity index (χ1v) is 9.38. The molecule has 0 fully saturated rings. The van der Waals surface area contributed by atoms with E-state index in [-0.39, 0.29) is 29.6 Å². The average molecular weight is 462 g/mol. The summed E-state index contributed by atoms with van der Waals surface area (Å²) < 4.78 is 6.16. The van der Waals surface area contributed by atoms with Crippen molar-refractivity contribution in [3.05, 3.63) is 61.3 Å². The van der Waals surface area contributed by atoms with Crippen molar-refractivity contribution in [2.24, 2.45) is 0 Å². The first-order chi connectivity index (χ1) is 13.4. The summed E-state index contributed by atoms with van der Waals surface area (Å²) >= 11 is 3.31. The van der Waals surface area contributed by atoms with Crippen LogP contribution >= 0.6 is 15.9 Å². The smallest absolute Gasteiger partial charge is 0.416 e. The van der Waals surface area contributed by atoms with Crippen LogP contribution in [-0.2, 0) is 11.3 Å². The molecular weight excluding hydrogens is 442 g/mol. The molecule has 0 spiro atoms. The highest BCUT2D eigenvalue weighted by Crippen LogP contribution is 2.33. The molecule has 0 aliphatic heterocycles. The second-order valence-corrected chi connectivity index (χ2v) is 8.15. The zero-order valence-corrected chi connectivity index (χ0v) is 18.3. The van der Waals surface area contributed by atoms with Crippen molar-refractivity contribution < 1.29 is 14.5 Å². The van der Waals surface area contributed by atoms with Crippen molar-refractivity contribution in [2.45, 2.75) is 46.8 Å². The zero-order chi connectivity index (χ0) is 21.9. The van der Waals surface area contributed by atoms with Crippen LogP contribution in [0.5, 0.6) is 0 Å². The summed E-state index contributed by atoms with van der Waals surface area (Å²) in [5.74, 6) is 0.103. The zero-order valence-electron chi connectivity index (χ0n) is 16.7. The van der Waals surface area contributed by atoms with Crippen LogP contribution in [0, 0.1) is 30.5 Å². The molecule has 0 aliphatic rings. The van der Waals surface area contributed by atoms with Gasteiger partial charge in [-0.25, -0.2) is 19.6 Å². The van der Waals surface area contributed by atoms with E-state index in [1.54, 1.807) is 45.9 Å². The molecule has 29 heavy (non-hydrogen) atoms. The molecule has 1 aromatic carbocycles. The van der Waals surface area contributed by atoms with Crippen LogP contribution in [0.4, 0.5) is 22.0 Å². The fourth-order valence-corrected chi connectivity index (χ4v) is 2.93. The quantitative estimate of drug-likeness (QED) is 0.349. The lowest BCUT2D eigenvalue weighted by molar-refractivity contribution is -0.385. The first-order valence-electron chi connectivity index (χ1n) is 8.59. The Morgan fingerprint density at radius 1 is 1.34 bits per heavy atom. The molecule has 2 rings (SSSR count). The van der Waals surface area contributed by atoms with Gasteiger partial charge in [-0.15, -0.1) is 0 Å². The Balaban J connectivity index is 2.66. The largest absolute Gasteiger partial charge is 0.443 e. The number of anilines is 1. The Hall–Kier alpha value is -3.06. The fourth-order valence-electron chi connectivity index (χ4n) is 2.58. The molecule has 0 atom stereocenters. The third-order valence-corrected chi connectivity index (χ3v) is 4.19. The van der Waals surface area contributed by atoms with E-state index in [9.17, 15) is 14.9 Å². The van der Waals surface area contributed by atoms with Gasteiger partial charge in [-0.3, -0.25) is 15.0 Å². The molecule has 0 saturated heterocycles. The number of benzene rings is 1. The first kappa shape index (κ1) is 22.2. The van der Waals surface area contributed by atoms with Gasteiger partial charge in [0, 0.05) is 11.0 Å². The van der Waals surface area contributed by atoms with Crippen LogP contribution in [0.2, 0.25) is 0 Å². The summed E-state index contributed by atoms with van der Waals surface area (Å²) in [6.45, 7) is 15.4. The molecule has 10 heteroatoms. The van der Waals surface area contributed by atoms with Gasteiger partial charge in [-0.05, 0) is 46.2 Å². The number of hydrogen-bond acceptors (Lipinski definition) is 6. The predicted octanol–water partition coefficient (Wildman–Crippen LogP) is 5.26. The van der Waals surface area contributed by atoms with E-state index < -0.39 is 16.6 Å². The normalized spacial score (nSPS) is 10.9. The lowest BCUT2D eigenvalue weighted by atomic mass is 10.1. The number of nitrogens with zero attached hydrogens (tertiary/aromatic N) is 5. The number of carbonyl (C=O) groups excluding carboxylic acids is 1. The number of hydrogen-bond donors (Lipinski definition) is 0. The topological polar surface area (TPSA) is 103 Å². The SMILES string of the molecule is [C-]#[N+]c1cc(Br)ccc1CN(C(=O)OC(C)(C)C)c1nc(C)nc(C)c1[N+](=O)[O-]. The Kier molecular flexibility index (Phi) is 6.54. The molecule has 1 amide bonds. The molecule has 0 bridgehead atoms. The van der Waals surface area contributed by atoms with Crippen molar-refractivity contribution in [1.29, 1.82) is 0 Å². The van der Waals surface area contributed by atoms with Gasteiger partial charge in [0.25, 0.3) is 0 Å². The maximum atomic E-state index is 13.0. The van der Waals surface area contributed by atoms with Gasteiger partial charge >= 0.3 is 11.8 Å². The molecule has 1 heterocycles. The van der Waals surface area contributed by atoms with Gasteiger partial charge in [0.1, 0.15) is 17.1 Å². The Morgan fingerprint density at radius 3 is 2.55 bits per heavy atom. The van der Waals surface area contributed by atoms with E-state index in [2.05, 4.69) is 30.7 Å². The maximum Gasteiger partial charge on any atom is 0.416 e. The van der Waals surface area contributed by atoms with E-state index in [0.29, 0.717) is 15.7 Å². The average Bonchev–Trinajstić information content (AvgIpc) is 2.57. The number of rotatable bonds is 4. The maximum absolute atomic E-state index is 13.0. The number of aryl methyl sites for hydroxylation is 2. The Labute approximate surface area is 176 Å². The second kappa shape index (κ2) is 8.53. The lowest BCUT2D eigenvalue weighted by Gasteiger charge is -2.27. The van der Waals surface area contributed by atoms with Gasteiger partial charge in [0.15, 0.2) is 5.69 Å². The van der Waals surface area contributed by atoms with Gasteiger partial charge in [0.2, 0.25) is 5.82 Å². The molecule has 0 radical (unpaired) electrons. The summed E-state index contributed by atoms with van der Waals surface area (Å²) in [7, 11) is 0. The van der Waals surface area contributed by atoms with E-state index in [1.165, 1.54) is 6.92 Å². The van der Waals surface area contributed by atoms with Crippen LogP contribution in [-0.4, -0.2) is 26.6 Å². The van der Waals surface area contributed by atoms with Crippen molar-refractivity contribution >= 4 is 39.2 Å². The second-order valence-electron chi connectivity index (χ2n) is 7.24. The lowest BCUT2D eigenvalue weighted by Crippen LogP contribution is -2.37. The van der Waals surface area contributed by atoms with Gasteiger partial charge in [0.05, 0.1) is 11.5 Å². The fraction of sp³-hybridized carbons (Fsp3) is 0.368. The molecule has 1 aromatic heterocycles. The molecular formula is C19H20BrN5O4. The van der Waals surface area contributed by atoms with Crippen molar-refractivity contribution in [3.63, 3.8) is 0 Å². The van der Waals surface area contributed by atoms with Crippen molar-refractivity contribution in [1.82, 2.24) is 9.97 Å². The molecule has 152 valence electrons. The molecule has 9 nitrogen and oxygen atoms in total. The van der Waals surface area contributed by atoms with Crippen LogP contribution in [0.25, 0.3) is 4.85 Å². The molecule has 0 aliphatic carbocycles. The Bertz CT molecular complexity index is 1010. The minimum absolute atomic E-state index is 0.128. The number of nitro groups is 1. The third kappa shape index (κ3) is 5.48. The van der Waals surface area contributed by atoms with Crippen LogP contribution in [0.3, 0.4) is 0 Å². The number of carbonyl (C=O) groups is 1. The summed E-state index contributed by atoms with van der Waals surface area (Å²) in [5, 5.41) is 11.7. The van der Waals surface area contributed by atoms with E-state index in [0.717, 1.165) is 4.90 Å². The van der Waals surface area contributed by atoms with E-state index in [4.69, 9.17) is 11.3 Å². The molecule has 2 aromatic rings. The van der Waals surface area contributed by atoms with Gasteiger partial charge in [-0.2, -0.15) is 0 Å². The van der Waals surface area contributed by atoms with Crippen molar-refractivity contribution in [2.75, 3.05) is 4.90 Å². The highest BCUT2D eigenvalue weighted by atomic mass is 79.9. The van der Waals surface area contributed by atoms with Gasteiger partial charge in [-0.1, -0.05) is 28.1 Å².